The van der Waals surface area contributed by atoms with Crippen molar-refractivity contribution in [3.8, 4) is 22.5 Å². The van der Waals surface area contributed by atoms with Gasteiger partial charge in [-0.05, 0) is 109 Å². The normalized spacial score (nSPS) is 13.1. The van der Waals surface area contributed by atoms with Crippen LogP contribution in [0.3, 0.4) is 0 Å². The molecule has 0 saturated carbocycles. The van der Waals surface area contributed by atoms with Gasteiger partial charge < -0.3 is 4.57 Å². The minimum absolute atomic E-state index is 0.993. The maximum Gasteiger partial charge on any atom is 0.140 e. The molecule has 8 aromatic rings. The van der Waals surface area contributed by atoms with E-state index in [1.807, 2.05) is 6.07 Å². The Morgan fingerprint density at radius 1 is 0.619 bits per heavy atom. The number of hydrogen-bond acceptors (Lipinski definition) is 1. The molecule has 1 aromatic heterocycles. The van der Waals surface area contributed by atoms with Crippen LogP contribution >= 0.6 is 0 Å². The topological polar surface area (TPSA) is 17.8 Å². The standard InChI is InChI=1S/C40H28N2/c1-42-38-17-9-8-16-37(38)41-40(42)28-21-19-25-22-27(20-18-26(25)23-28)35-24-36-31-12-3-2-10-29(31)30-11-4-6-14-33(30)39(36)34-15-7-5-13-32(34)35/h2-3,5-10,12-24H,4,11H2,1H3. The summed E-state index contributed by atoms with van der Waals surface area (Å²) in [6.45, 7) is 0. The quantitative estimate of drug-likeness (QED) is 0.201. The second-order valence-electron chi connectivity index (χ2n) is 11.5. The fourth-order valence-corrected chi connectivity index (χ4v) is 7.23. The number of allylic oxidation sites excluding steroid dienone is 1. The maximum atomic E-state index is 4.93. The maximum absolute atomic E-state index is 4.93. The summed E-state index contributed by atoms with van der Waals surface area (Å²) in [7, 11) is 2.10. The van der Waals surface area contributed by atoms with Gasteiger partial charge in [0.2, 0.25) is 0 Å². The molecule has 0 aliphatic heterocycles. The molecular formula is C40H28N2. The van der Waals surface area contributed by atoms with Gasteiger partial charge in [-0.3, -0.25) is 0 Å². The molecule has 0 bridgehead atoms. The van der Waals surface area contributed by atoms with Crippen LogP contribution in [0.1, 0.15) is 17.5 Å². The molecule has 0 unspecified atom stereocenters. The molecule has 1 aliphatic rings. The van der Waals surface area contributed by atoms with E-state index in [2.05, 4.69) is 133 Å². The molecule has 1 aliphatic carbocycles. The number of benzene rings is 7. The predicted molar refractivity (Wildman–Crippen MR) is 179 cm³/mol. The smallest absolute Gasteiger partial charge is 0.140 e. The number of fused-ring (bicyclic) bond motifs is 10. The van der Waals surface area contributed by atoms with Crippen molar-refractivity contribution in [2.24, 2.45) is 7.05 Å². The fourth-order valence-electron chi connectivity index (χ4n) is 7.23. The zero-order valence-electron chi connectivity index (χ0n) is 23.4. The number of imidazole rings is 1. The summed E-state index contributed by atoms with van der Waals surface area (Å²) >= 11 is 0. The molecule has 0 saturated heterocycles. The highest BCUT2D eigenvalue weighted by molar-refractivity contribution is 6.24. The minimum atomic E-state index is 0.993. The van der Waals surface area contributed by atoms with E-state index in [0.29, 0.717) is 0 Å². The van der Waals surface area contributed by atoms with Gasteiger partial charge in [0.05, 0.1) is 11.0 Å². The lowest BCUT2D eigenvalue weighted by atomic mass is 9.83. The van der Waals surface area contributed by atoms with Crippen molar-refractivity contribution < 1.29 is 0 Å². The molecule has 0 N–H and O–H groups in total. The van der Waals surface area contributed by atoms with E-state index in [1.165, 1.54) is 65.3 Å². The Balaban J connectivity index is 1.27. The highest BCUT2D eigenvalue weighted by Gasteiger charge is 2.19. The Kier molecular flexibility index (Phi) is 4.97. The molecule has 7 aromatic carbocycles. The summed E-state index contributed by atoms with van der Waals surface area (Å²) in [4.78, 5) is 4.93. The second-order valence-corrected chi connectivity index (χ2v) is 11.5. The fraction of sp³-hybridized carbons (Fsp3) is 0.0750. The van der Waals surface area contributed by atoms with Gasteiger partial charge in [-0.25, -0.2) is 4.98 Å². The number of aromatic nitrogens is 2. The van der Waals surface area contributed by atoms with Crippen molar-refractivity contribution in [1.82, 2.24) is 9.55 Å². The van der Waals surface area contributed by atoms with Gasteiger partial charge in [-0.2, -0.15) is 0 Å². The number of aryl methyl sites for hydroxylation is 2. The van der Waals surface area contributed by atoms with Crippen LogP contribution in [0.25, 0.3) is 82.7 Å². The second kappa shape index (κ2) is 8.89. The zero-order valence-corrected chi connectivity index (χ0v) is 23.4. The Hall–Kier alpha value is -5.21. The Labute approximate surface area is 244 Å². The first-order valence-electron chi connectivity index (χ1n) is 14.8. The molecular weight excluding hydrogens is 508 g/mol. The van der Waals surface area contributed by atoms with Crippen LogP contribution in [-0.2, 0) is 13.5 Å². The summed E-state index contributed by atoms with van der Waals surface area (Å²) in [5.74, 6) is 0.993. The lowest BCUT2D eigenvalue weighted by molar-refractivity contribution is 0.960. The third-order valence-corrected chi connectivity index (χ3v) is 9.22. The number of hydrogen-bond donors (Lipinski definition) is 0. The molecule has 0 spiro atoms. The average molecular weight is 537 g/mol. The van der Waals surface area contributed by atoms with Crippen molar-refractivity contribution in [1.29, 1.82) is 0 Å². The average Bonchev–Trinajstić information content (AvgIpc) is 3.40. The first kappa shape index (κ1) is 23.5. The molecule has 0 amide bonds. The molecule has 1 heterocycles. The van der Waals surface area contributed by atoms with Crippen LogP contribution < -0.4 is 0 Å². The molecule has 0 radical (unpaired) electrons. The van der Waals surface area contributed by atoms with E-state index < -0.39 is 0 Å². The minimum Gasteiger partial charge on any atom is -0.327 e. The molecule has 2 nitrogen and oxygen atoms in total. The lowest BCUT2D eigenvalue weighted by Gasteiger charge is -2.21. The third-order valence-electron chi connectivity index (χ3n) is 9.22. The lowest BCUT2D eigenvalue weighted by Crippen LogP contribution is -1.99. The van der Waals surface area contributed by atoms with Crippen LogP contribution in [-0.4, -0.2) is 9.55 Å². The van der Waals surface area contributed by atoms with Gasteiger partial charge in [0.25, 0.3) is 0 Å². The summed E-state index contributed by atoms with van der Waals surface area (Å²) in [6.07, 6.45) is 6.90. The molecule has 0 fully saturated rings. The summed E-state index contributed by atoms with van der Waals surface area (Å²) in [5, 5.41) is 10.5. The molecule has 9 rings (SSSR count). The summed E-state index contributed by atoms with van der Waals surface area (Å²) < 4.78 is 2.18. The van der Waals surface area contributed by atoms with Crippen LogP contribution in [0.15, 0.2) is 121 Å². The van der Waals surface area contributed by atoms with Crippen LogP contribution in [0.2, 0.25) is 0 Å². The van der Waals surface area contributed by atoms with Gasteiger partial charge >= 0.3 is 0 Å². The van der Waals surface area contributed by atoms with Crippen molar-refractivity contribution in [3.63, 3.8) is 0 Å². The van der Waals surface area contributed by atoms with E-state index in [4.69, 9.17) is 4.98 Å². The Morgan fingerprint density at radius 2 is 1.31 bits per heavy atom. The first-order chi connectivity index (χ1) is 20.7. The van der Waals surface area contributed by atoms with Gasteiger partial charge in [0, 0.05) is 12.6 Å². The Morgan fingerprint density at radius 3 is 2.14 bits per heavy atom. The van der Waals surface area contributed by atoms with E-state index in [-0.39, 0.29) is 0 Å². The highest BCUT2D eigenvalue weighted by Crippen LogP contribution is 2.43. The third kappa shape index (κ3) is 3.36. The highest BCUT2D eigenvalue weighted by atomic mass is 15.1. The van der Waals surface area contributed by atoms with Crippen LogP contribution in [0.4, 0.5) is 0 Å². The monoisotopic (exact) mass is 536 g/mol. The Bertz CT molecular complexity index is 2420. The van der Waals surface area contributed by atoms with E-state index >= 15 is 0 Å². The number of para-hydroxylation sites is 2. The first-order valence-corrected chi connectivity index (χ1v) is 14.8. The molecule has 42 heavy (non-hydrogen) atoms. The van der Waals surface area contributed by atoms with Gasteiger partial charge in [0.1, 0.15) is 5.82 Å². The van der Waals surface area contributed by atoms with E-state index in [1.54, 1.807) is 0 Å². The van der Waals surface area contributed by atoms with Crippen molar-refractivity contribution >= 4 is 60.2 Å². The zero-order chi connectivity index (χ0) is 27.8. The number of nitrogens with zero attached hydrogens (tertiary/aromatic N) is 2. The van der Waals surface area contributed by atoms with Crippen molar-refractivity contribution in [2.45, 2.75) is 12.8 Å². The van der Waals surface area contributed by atoms with Gasteiger partial charge in [-0.1, -0.05) is 97.1 Å². The van der Waals surface area contributed by atoms with Crippen molar-refractivity contribution in [2.75, 3.05) is 0 Å². The van der Waals surface area contributed by atoms with Gasteiger partial charge in [0.15, 0.2) is 0 Å². The van der Waals surface area contributed by atoms with E-state index in [9.17, 15) is 0 Å². The molecule has 198 valence electrons. The van der Waals surface area contributed by atoms with Gasteiger partial charge in [-0.15, -0.1) is 0 Å². The van der Waals surface area contributed by atoms with E-state index in [0.717, 1.165) is 35.3 Å². The SMILES string of the molecule is Cn1c(-c2ccc3cc(-c4cc5c6ccccc6c6c(c5c5ccccc45)C=CCC6)ccc3c2)nc2ccccc21. The van der Waals surface area contributed by atoms with Crippen LogP contribution in [0, 0.1) is 0 Å². The summed E-state index contributed by atoms with van der Waals surface area (Å²) in [6, 6.07) is 42.3. The van der Waals surface area contributed by atoms with Crippen molar-refractivity contribution in [3.05, 3.63) is 132 Å². The van der Waals surface area contributed by atoms with Crippen LogP contribution in [0.5, 0.6) is 0 Å². The predicted octanol–water partition coefficient (Wildman–Crippen LogP) is 10.5. The molecule has 2 heteroatoms. The molecule has 0 atom stereocenters. The summed E-state index contributed by atoms with van der Waals surface area (Å²) in [5.41, 5.74) is 8.71. The largest absolute Gasteiger partial charge is 0.327 e. The number of rotatable bonds is 2.